The maximum absolute atomic E-state index is 12.4. The molecule has 8 nitrogen and oxygen atoms in total. The van der Waals surface area contributed by atoms with Crippen molar-refractivity contribution < 1.29 is 9.53 Å². The van der Waals surface area contributed by atoms with Crippen LogP contribution in [-0.4, -0.2) is 29.7 Å². The third kappa shape index (κ3) is 5.63. The van der Waals surface area contributed by atoms with Crippen molar-refractivity contribution in [1.29, 1.82) is 5.26 Å². The Kier molecular flexibility index (Phi) is 5.96. The molecule has 0 saturated carbocycles. The number of hydrogen-bond acceptors (Lipinski definition) is 6. The van der Waals surface area contributed by atoms with Crippen molar-refractivity contribution in [2.24, 2.45) is 5.41 Å². The molecule has 2 rings (SSSR count). The van der Waals surface area contributed by atoms with Gasteiger partial charge in [0.2, 0.25) is 5.82 Å². The molecule has 0 spiro atoms. The lowest BCUT2D eigenvalue weighted by Crippen LogP contribution is -2.48. The lowest BCUT2D eigenvalue weighted by molar-refractivity contribution is 0.249. The highest BCUT2D eigenvalue weighted by molar-refractivity contribution is 5.90. The number of hydrazine groups is 1. The molecule has 136 valence electrons. The largest absolute Gasteiger partial charge is 0.497 e. The van der Waals surface area contributed by atoms with E-state index in [-0.39, 0.29) is 11.2 Å². The van der Waals surface area contributed by atoms with E-state index in [2.05, 4.69) is 20.7 Å². The summed E-state index contributed by atoms with van der Waals surface area (Å²) in [5.74, 6) is 1.19. The van der Waals surface area contributed by atoms with Crippen LogP contribution < -0.4 is 20.5 Å². The van der Waals surface area contributed by atoms with Gasteiger partial charge in [0.15, 0.2) is 5.82 Å². The number of rotatable bonds is 5. The first-order valence-corrected chi connectivity index (χ1v) is 8.03. The number of aromatic nitrogens is 2. The van der Waals surface area contributed by atoms with E-state index in [1.54, 1.807) is 42.5 Å². The average molecular weight is 354 g/mol. The van der Waals surface area contributed by atoms with Crippen LogP contribution in [0.5, 0.6) is 5.75 Å². The first kappa shape index (κ1) is 19.0. The lowest BCUT2D eigenvalue weighted by atomic mass is 9.97. The maximum atomic E-state index is 12.4. The van der Waals surface area contributed by atoms with Gasteiger partial charge in [0.1, 0.15) is 11.8 Å². The molecule has 2 amide bonds. The highest BCUT2D eigenvalue weighted by Gasteiger charge is 2.20. The number of nitrogens with one attached hydrogen (secondary N) is 2. The molecule has 2 aromatic rings. The number of carbonyl (C=O) groups excluding carboxylic acids is 1. The molecule has 0 fully saturated rings. The van der Waals surface area contributed by atoms with Gasteiger partial charge >= 0.3 is 6.03 Å². The minimum absolute atomic E-state index is 0.0405. The Morgan fingerprint density at radius 3 is 2.54 bits per heavy atom. The van der Waals surface area contributed by atoms with Gasteiger partial charge in [-0.05, 0) is 29.7 Å². The molecular formula is C18H22N6O2. The number of benzene rings is 1. The Balaban J connectivity index is 2.14. The van der Waals surface area contributed by atoms with E-state index < -0.39 is 6.03 Å². The second-order valence-electron chi connectivity index (χ2n) is 6.79. The number of anilines is 2. The summed E-state index contributed by atoms with van der Waals surface area (Å²) in [5.41, 5.74) is 3.28. The van der Waals surface area contributed by atoms with E-state index >= 15 is 0 Å². The molecule has 1 aromatic carbocycles. The van der Waals surface area contributed by atoms with Gasteiger partial charge in [-0.25, -0.2) is 15.2 Å². The minimum atomic E-state index is -0.420. The molecule has 0 saturated heterocycles. The van der Waals surface area contributed by atoms with Gasteiger partial charge in [-0.3, -0.25) is 5.01 Å². The number of nitriles is 1. The monoisotopic (exact) mass is 354 g/mol. The van der Waals surface area contributed by atoms with E-state index in [1.807, 2.05) is 26.8 Å². The Bertz CT molecular complexity index is 793. The second kappa shape index (κ2) is 8.16. The molecule has 1 heterocycles. The fraction of sp³-hybridized carbons (Fsp3) is 0.333. The molecule has 0 unspecified atom stereocenters. The van der Waals surface area contributed by atoms with Gasteiger partial charge in [0.25, 0.3) is 0 Å². The van der Waals surface area contributed by atoms with Crippen LogP contribution in [-0.2, 0) is 0 Å². The van der Waals surface area contributed by atoms with Gasteiger partial charge < -0.3 is 10.1 Å². The van der Waals surface area contributed by atoms with Crippen molar-refractivity contribution >= 4 is 17.5 Å². The number of amides is 2. The third-order valence-electron chi connectivity index (χ3n) is 3.23. The molecule has 0 aliphatic carbocycles. The second-order valence-corrected chi connectivity index (χ2v) is 6.79. The van der Waals surface area contributed by atoms with Crippen molar-refractivity contribution in [2.45, 2.75) is 20.8 Å². The summed E-state index contributed by atoms with van der Waals surface area (Å²) in [6, 6.07) is 10.1. The average Bonchev–Trinajstić information content (AvgIpc) is 2.60. The summed E-state index contributed by atoms with van der Waals surface area (Å²) in [7, 11) is 1.58. The molecule has 1 aromatic heterocycles. The standard InChI is InChI=1S/C18H22N6O2/c1-18(2,3)12-24(16-9-10-20-15(11-19)22-16)23-17(25)21-13-5-7-14(26-4)8-6-13/h5-10H,12H2,1-4H3,(H2,21,23,25). The van der Waals surface area contributed by atoms with Gasteiger partial charge in [-0.2, -0.15) is 10.2 Å². The Hall–Kier alpha value is -3.34. The van der Waals surface area contributed by atoms with Crippen LogP contribution >= 0.6 is 0 Å². The molecule has 2 N–H and O–H groups in total. The zero-order valence-corrected chi connectivity index (χ0v) is 15.3. The van der Waals surface area contributed by atoms with Crippen LogP contribution in [0.1, 0.15) is 26.6 Å². The SMILES string of the molecule is COc1ccc(NC(=O)NN(CC(C)(C)C)c2ccnc(C#N)n2)cc1. The van der Waals surface area contributed by atoms with Crippen molar-refractivity contribution in [3.63, 3.8) is 0 Å². The van der Waals surface area contributed by atoms with E-state index in [0.717, 1.165) is 0 Å². The molecule has 26 heavy (non-hydrogen) atoms. The van der Waals surface area contributed by atoms with Crippen molar-refractivity contribution in [3.05, 3.63) is 42.4 Å². The highest BCUT2D eigenvalue weighted by Crippen LogP contribution is 2.19. The number of ether oxygens (including phenoxy) is 1. The fourth-order valence-corrected chi connectivity index (χ4v) is 2.16. The summed E-state index contributed by atoms with van der Waals surface area (Å²) in [4.78, 5) is 20.4. The predicted octanol–water partition coefficient (Wildman–Crippen LogP) is 2.95. The third-order valence-corrected chi connectivity index (χ3v) is 3.23. The van der Waals surface area contributed by atoms with Gasteiger partial charge in [0, 0.05) is 24.5 Å². The molecule has 0 atom stereocenters. The Morgan fingerprint density at radius 2 is 1.96 bits per heavy atom. The minimum Gasteiger partial charge on any atom is -0.497 e. The van der Waals surface area contributed by atoms with E-state index in [0.29, 0.717) is 23.8 Å². The molecular weight excluding hydrogens is 332 g/mol. The normalized spacial score (nSPS) is 10.6. The quantitative estimate of drug-likeness (QED) is 0.800. The van der Waals surface area contributed by atoms with Crippen LogP contribution in [0.15, 0.2) is 36.5 Å². The van der Waals surface area contributed by atoms with Gasteiger partial charge in [-0.15, -0.1) is 0 Å². The highest BCUT2D eigenvalue weighted by atomic mass is 16.5. The zero-order chi connectivity index (χ0) is 19.2. The smallest absolute Gasteiger partial charge is 0.338 e. The first-order chi connectivity index (χ1) is 12.3. The summed E-state index contributed by atoms with van der Waals surface area (Å²) >= 11 is 0. The zero-order valence-electron chi connectivity index (χ0n) is 15.3. The number of carbonyl (C=O) groups is 1. The van der Waals surface area contributed by atoms with Crippen molar-refractivity contribution in [3.8, 4) is 11.8 Å². The van der Waals surface area contributed by atoms with Crippen LogP contribution in [0.2, 0.25) is 0 Å². The topological polar surface area (TPSA) is 103 Å². The number of nitrogens with zero attached hydrogens (tertiary/aromatic N) is 4. The van der Waals surface area contributed by atoms with E-state index in [9.17, 15) is 4.79 Å². The molecule has 0 aliphatic heterocycles. The fourth-order valence-electron chi connectivity index (χ4n) is 2.16. The van der Waals surface area contributed by atoms with Crippen LogP contribution in [0.25, 0.3) is 0 Å². The molecule has 0 radical (unpaired) electrons. The molecule has 0 aliphatic rings. The van der Waals surface area contributed by atoms with Gasteiger partial charge in [-0.1, -0.05) is 20.8 Å². The van der Waals surface area contributed by atoms with E-state index in [4.69, 9.17) is 10.00 Å². The van der Waals surface area contributed by atoms with Crippen LogP contribution in [0, 0.1) is 16.7 Å². The number of methoxy groups -OCH3 is 1. The summed E-state index contributed by atoms with van der Waals surface area (Å²) in [5, 5.41) is 13.3. The summed E-state index contributed by atoms with van der Waals surface area (Å²) in [6.07, 6.45) is 1.49. The summed E-state index contributed by atoms with van der Waals surface area (Å²) in [6.45, 7) is 6.60. The Morgan fingerprint density at radius 1 is 1.27 bits per heavy atom. The van der Waals surface area contributed by atoms with Crippen molar-refractivity contribution in [1.82, 2.24) is 15.4 Å². The number of hydrogen-bond donors (Lipinski definition) is 2. The summed E-state index contributed by atoms with van der Waals surface area (Å²) < 4.78 is 5.10. The van der Waals surface area contributed by atoms with E-state index in [1.165, 1.54) is 6.20 Å². The number of urea groups is 1. The molecule has 8 heteroatoms. The maximum Gasteiger partial charge on any atom is 0.338 e. The predicted molar refractivity (Wildman–Crippen MR) is 98.7 cm³/mol. The van der Waals surface area contributed by atoms with Crippen molar-refractivity contribution in [2.75, 3.05) is 24.0 Å². The molecule has 0 bridgehead atoms. The van der Waals surface area contributed by atoms with Crippen LogP contribution in [0.3, 0.4) is 0 Å². The first-order valence-electron chi connectivity index (χ1n) is 8.03. The van der Waals surface area contributed by atoms with Crippen LogP contribution in [0.4, 0.5) is 16.3 Å². The Labute approximate surface area is 152 Å². The lowest BCUT2D eigenvalue weighted by Gasteiger charge is -2.30. The van der Waals surface area contributed by atoms with Gasteiger partial charge in [0.05, 0.1) is 7.11 Å².